The van der Waals surface area contributed by atoms with Crippen molar-refractivity contribution in [2.45, 2.75) is 18.4 Å². The van der Waals surface area contributed by atoms with E-state index < -0.39 is 0 Å². The highest BCUT2D eigenvalue weighted by Crippen LogP contribution is 2.33. The van der Waals surface area contributed by atoms with Gasteiger partial charge in [-0.2, -0.15) is 0 Å². The summed E-state index contributed by atoms with van der Waals surface area (Å²) in [6.07, 6.45) is 5.13. The van der Waals surface area contributed by atoms with Gasteiger partial charge in [-0.25, -0.2) is 0 Å². The van der Waals surface area contributed by atoms with E-state index in [0.717, 1.165) is 30.1 Å². The van der Waals surface area contributed by atoms with Crippen LogP contribution in [-0.4, -0.2) is 23.2 Å². The first-order chi connectivity index (χ1) is 10.7. The van der Waals surface area contributed by atoms with Crippen LogP contribution in [0.5, 0.6) is 0 Å². The molecule has 0 aromatic heterocycles. The predicted molar refractivity (Wildman–Crippen MR) is 90.8 cm³/mol. The summed E-state index contributed by atoms with van der Waals surface area (Å²) in [5.41, 5.74) is 2.16. The predicted octanol–water partition coefficient (Wildman–Crippen LogP) is 3.99. The minimum absolute atomic E-state index is 0.129. The van der Waals surface area contributed by atoms with Crippen molar-refractivity contribution < 1.29 is 5.11 Å². The third-order valence-corrected chi connectivity index (χ3v) is 4.57. The zero-order chi connectivity index (χ0) is 15.4. The smallest absolute Gasteiger partial charge is 0.0548 e. The van der Waals surface area contributed by atoms with Gasteiger partial charge < -0.3 is 10.0 Å². The number of hydrogen-bond acceptors (Lipinski definition) is 2. The highest BCUT2D eigenvalue weighted by molar-refractivity contribution is 6.30. The van der Waals surface area contributed by atoms with E-state index in [4.69, 9.17) is 11.6 Å². The zero-order valence-corrected chi connectivity index (χ0v) is 13.2. The molecule has 0 radical (unpaired) electrons. The van der Waals surface area contributed by atoms with Crippen LogP contribution < -0.4 is 0 Å². The zero-order valence-electron chi connectivity index (χ0n) is 12.5. The molecule has 1 atom stereocenters. The first-order valence-electron chi connectivity index (χ1n) is 7.53. The van der Waals surface area contributed by atoms with E-state index in [-0.39, 0.29) is 12.0 Å². The first kappa shape index (κ1) is 15.1. The molecule has 1 aliphatic heterocycles. The maximum Gasteiger partial charge on any atom is 0.0548 e. The number of aliphatic hydroxyl groups is 1. The van der Waals surface area contributed by atoms with Crippen LogP contribution in [0.15, 0.2) is 66.9 Å². The monoisotopic (exact) mass is 313 g/mol. The number of aliphatic hydroxyl groups excluding tert-OH is 1. The Morgan fingerprint density at radius 3 is 2.45 bits per heavy atom. The van der Waals surface area contributed by atoms with Gasteiger partial charge in [0, 0.05) is 23.5 Å². The number of benzene rings is 2. The summed E-state index contributed by atoms with van der Waals surface area (Å²) in [4.78, 5) is 2.27. The SMILES string of the molecule is OCC1(c2ccc(Cl)cc2)CC=CN(Cc2ccccc2)C1. The van der Waals surface area contributed by atoms with Crippen LogP contribution in [0.25, 0.3) is 0 Å². The maximum atomic E-state index is 10.1. The summed E-state index contributed by atoms with van der Waals surface area (Å²) in [6.45, 7) is 1.79. The minimum atomic E-state index is -0.256. The molecular formula is C19H20ClNO. The Kier molecular flexibility index (Phi) is 4.51. The maximum absolute atomic E-state index is 10.1. The number of rotatable bonds is 4. The van der Waals surface area contributed by atoms with Crippen LogP contribution in [0.3, 0.4) is 0 Å². The van der Waals surface area contributed by atoms with Crippen LogP contribution in [0, 0.1) is 0 Å². The van der Waals surface area contributed by atoms with Crippen molar-refractivity contribution in [2.75, 3.05) is 13.2 Å². The Hall–Kier alpha value is -1.77. The van der Waals surface area contributed by atoms with E-state index in [0.29, 0.717) is 0 Å². The molecular weight excluding hydrogens is 294 g/mol. The Morgan fingerprint density at radius 1 is 1.05 bits per heavy atom. The van der Waals surface area contributed by atoms with Crippen LogP contribution in [-0.2, 0) is 12.0 Å². The van der Waals surface area contributed by atoms with Crippen LogP contribution in [0.4, 0.5) is 0 Å². The van der Waals surface area contributed by atoms with Crippen LogP contribution >= 0.6 is 11.6 Å². The fourth-order valence-corrected chi connectivity index (χ4v) is 3.20. The minimum Gasteiger partial charge on any atom is -0.395 e. The van der Waals surface area contributed by atoms with Gasteiger partial charge in [0.2, 0.25) is 0 Å². The van der Waals surface area contributed by atoms with Gasteiger partial charge in [0.05, 0.1) is 6.61 Å². The molecule has 0 amide bonds. The molecule has 1 heterocycles. The fourth-order valence-electron chi connectivity index (χ4n) is 3.08. The second kappa shape index (κ2) is 6.55. The number of nitrogens with zero attached hydrogens (tertiary/aromatic N) is 1. The van der Waals surface area contributed by atoms with Crippen LogP contribution in [0.1, 0.15) is 17.5 Å². The van der Waals surface area contributed by atoms with Gasteiger partial charge >= 0.3 is 0 Å². The largest absolute Gasteiger partial charge is 0.395 e. The van der Waals surface area contributed by atoms with Crippen molar-refractivity contribution in [1.82, 2.24) is 4.90 Å². The summed E-state index contributed by atoms with van der Waals surface area (Å²) in [6, 6.07) is 18.3. The van der Waals surface area contributed by atoms with Crippen LogP contribution in [0.2, 0.25) is 5.02 Å². The molecule has 1 unspecified atom stereocenters. The Bertz CT molecular complexity index is 638. The highest BCUT2D eigenvalue weighted by Gasteiger charge is 2.34. The highest BCUT2D eigenvalue weighted by atomic mass is 35.5. The normalized spacial score (nSPS) is 21.1. The quantitative estimate of drug-likeness (QED) is 0.922. The molecule has 3 rings (SSSR count). The molecule has 0 bridgehead atoms. The molecule has 0 fully saturated rings. The summed E-state index contributed by atoms with van der Waals surface area (Å²) in [7, 11) is 0. The van der Waals surface area contributed by atoms with Crippen molar-refractivity contribution in [3.8, 4) is 0 Å². The molecule has 2 aromatic rings. The third-order valence-electron chi connectivity index (χ3n) is 4.32. The number of hydrogen-bond donors (Lipinski definition) is 1. The van der Waals surface area contributed by atoms with Gasteiger partial charge in [-0.15, -0.1) is 0 Å². The number of allylic oxidation sites excluding steroid dienone is 1. The molecule has 0 saturated carbocycles. The summed E-state index contributed by atoms with van der Waals surface area (Å²) < 4.78 is 0. The van der Waals surface area contributed by atoms with Gasteiger partial charge in [-0.3, -0.25) is 0 Å². The van der Waals surface area contributed by atoms with E-state index in [2.05, 4.69) is 41.4 Å². The fraction of sp³-hybridized carbons (Fsp3) is 0.263. The third kappa shape index (κ3) is 3.18. The lowest BCUT2D eigenvalue weighted by atomic mass is 9.76. The molecule has 0 saturated heterocycles. The van der Waals surface area contributed by atoms with Crippen molar-refractivity contribution in [2.24, 2.45) is 0 Å². The lowest BCUT2D eigenvalue weighted by Gasteiger charge is -2.40. The molecule has 3 heteroatoms. The standard InChI is InChI=1S/C19H20ClNO/c20-18-9-7-17(8-10-18)19(15-22)11-4-12-21(14-19)13-16-5-2-1-3-6-16/h1-10,12,22H,11,13-15H2. The average molecular weight is 314 g/mol. The first-order valence-corrected chi connectivity index (χ1v) is 7.91. The molecule has 2 aromatic carbocycles. The molecule has 1 aliphatic rings. The van der Waals surface area contributed by atoms with E-state index in [1.807, 2.05) is 30.3 Å². The second-order valence-corrected chi connectivity index (χ2v) is 6.36. The summed E-state index contributed by atoms with van der Waals surface area (Å²) >= 11 is 5.99. The molecule has 0 aliphatic carbocycles. The Labute approximate surface area is 136 Å². The second-order valence-electron chi connectivity index (χ2n) is 5.92. The average Bonchev–Trinajstić information content (AvgIpc) is 2.56. The van der Waals surface area contributed by atoms with Gasteiger partial charge in [0.1, 0.15) is 0 Å². The Morgan fingerprint density at radius 2 is 1.77 bits per heavy atom. The molecule has 22 heavy (non-hydrogen) atoms. The summed E-state index contributed by atoms with van der Waals surface area (Å²) in [5, 5.41) is 10.8. The van der Waals surface area contributed by atoms with E-state index in [9.17, 15) is 5.11 Å². The lowest BCUT2D eigenvalue weighted by molar-refractivity contribution is 0.144. The van der Waals surface area contributed by atoms with Crippen molar-refractivity contribution >= 4 is 11.6 Å². The van der Waals surface area contributed by atoms with Gasteiger partial charge in [0.15, 0.2) is 0 Å². The van der Waals surface area contributed by atoms with Crippen molar-refractivity contribution in [3.63, 3.8) is 0 Å². The molecule has 114 valence electrons. The van der Waals surface area contributed by atoms with Gasteiger partial charge in [-0.05, 0) is 35.9 Å². The molecule has 1 N–H and O–H groups in total. The summed E-state index contributed by atoms with van der Waals surface area (Å²) in [5.74, 6) is 0. The van der Waals surface area contributed by atoms with E-state index >= 15 is 0 Å². The van der Waals surface area contributed by atoms with E-state index in [1.165, 1.54) is 5.56 Å². The lowest BCUT2D eigenvalue weighted by Crippen LogP contribution is -2.43. The molecule has 2 nitrogen and oxygen atoms in total. The van der Waals surface area contributed by atoms with E-state index in [1.54, 1.807) is 0 Å². The Balaban J connectivity index is 1.82. The van der Waals surface area contributed by atoms with Gasteiger partial charge in [0.25, 0.3) is 0 Å². The van der Waals surface area contributed by atoms with Crippen molar-refractivity contribution in [1.29, 1.82) is 0 Å². The molecule has 0 spiro atoms. The van der Waals surface area contributed by atoms with Crippen molar-refractivity contribution in [3.05, 3.63) is 83.0 Å². The number of halogens is 1. The van der Waals surface area contributed by atoms with Gasteiger partial charge in [-0.1, -0.05) is 60.1 Å². The topological polar surface area (TPSA) is 23.5 Å².